The fourth-order valence-corrected chi connectivity index (χ4v) is 4.81. The highest BCUT2D eigenvalue weighted by atomic mass is 32.1. The highest BCUT2D eigenvalue weighted by Crippen LogP contribution is 2.24. The average molecular weight is 426 g/mol. The van der Waals surface area contributed by atoms with Crippen molar-refractivity contribution in [2.24, 2.45) is 5.92 Å². The lowest BCUT2D eigenvalue weighted by Gasteiger charge is -2.32. The van der Waals surface area contributed by atoms with Crippen LogP contribution in [0.1, 0.15) is 39.8 Å². The van der Waals surface area contributed by atoms with Gasteiger partial charge in [-0.2, -0.15) is 5.10 Å². The fourth-order valence-electron chi connectivity index (χ4n) is 3.94. The van der Waals surface area contributed by atoms with E-state index in [1.54, 1.807) is 17.7 Å². The summed E-state index contributed by atoms with van der Waals surface area (Å²) in [4.78, 5) is 29.4. The minimum Gasteiger partial charge on any atom is -0.356 e. The minimum absolute atomic E-state index is 0.0554. The van der Waals surface area contributed by atoms with Gasteiger partial charge >= 0.3 is 0 Å². The Labute approximate surface area is 180 Å². The van der Waals surface area contributed by atoms with E-state index in [2.05, 4.69) is 30.3 Å². The molecule has 1 saturated heterocycles. The van der Waals surface area contributed by atoms with Crippen LogP contribution in [0.5, 0.6) is 0 Å². The van der Waals surface area contributed by atoms with Crippen LogP contribution in [0.2, 0.25) is 0 Å². The second-order valence-corrected chi connectivity index (χ2v) is 9.11. The third-order valence-corrected chi connectivity index (χ3v) is 6.48. The number of aryl methyl sites for hydroxylation is 4. The summed E-state index contributed by atoms with van der Waals surface area (Å²) in [6.07, 6.45) is 3.41. The van der Waals surface area contributed by atoms with Gasteiger partial charge in [0.1, 0.15) is 12.1 Å². The Kier molecular flexibility index (Phi) is 5.80. The van der Waals surface area contributed by atoms with Crippen molar-refractivity contribution in [1.82, 2.24) is 30.0 Å². The van der Waals surface area contributed by atoms with E-state index in [4.69, 9.17) is 0 Å². The summed E-state index contributed by atoms with van der Waals surface area (Å²) in [5, 5.41) is 8.64. The molecule has 1 unspecified atom stereocenters. The van der Waals surface area contributed by atoms with E-state index in [0.717, 1.165) is 58.0 Å². The zero-order chi connectivity index (χ0) is 21.3. The molecule has 8 nitrogen and oxygen atoms in total. The number of amides is 1. The van der Waals surface area contributed by atoms with Crippen LogP contribution in [-0.2, 0) is 11.3 Å². The van der Waals surface area contributed by atoms with Crippen LogP contribution < -0.4 is 10.2 Å². The topological polar surface area (TPSA) is 88.8 Å². The Morgan fingerprint density at radius 1 is 1.20 bits per heavy atom. The van der Waals surface area contributed by atoms with E-state index in [9.17, 15) is 4.79 Å². The van der Waals surface area contributed by atoms with Gasteiger partial charge < -0.3 is 10.2 Å². The maximum atomic E-state index is 12.8. The Hall–Kier alpha value is -2.81. The quantitative estimate of drug-likeness (QED) is 0.676. The van der Waals surface area contributed by atoms with E-state index in [1.807, 2.05) is 44.5 Å². The number of hydrogen-bond acceptors (Lipinski definition) is 7. The first-order chi connectivity index (χ1) is 14.4. The zero-order valence-corrected chi connectivity index (χ0v) is 18.7. The van der Waals surface area contributed by atoms with Crippen molar-refractivity contribution in [3.05, 3.63) is 45.4 Å². The van der Waals surface area contributed by atoms with Gasteiger partial charge in [0.2, 0.25) is 5.91 Å². The van der Waals surface area contributed by atoms with Gasteiger partial charge in [0, 0.05) is 29.7 Å². The normalized spacial score (nSPS) is 16.7. The molecule has 30 heavy (non-hydrogen) atoms. The maximum Gasteiger partial charge on any atom is 0.225 e. The molecule has 4 heterocycles. The van der Waals surface area contributed by atoms with Crippen molar-refractivity contribution in [3.8, 4) is 5.82 Å². The van der Waals surface area contributed by atoms with Crippen molar-refractivity contribution in [2.75, 3.05) is 18.0 Å². The number of rotatable bonds is 5. The molecule has 4 rings (SSSR count). The largest absolute Gasteiger partial charge is 0.356 e. The summed E-state index contributed by atoms with van der Waals surface area (Å²) < 4.78 is 1.83. The van der Waals surface area contributed by atoms with Gasteiger partial charge in [-0.1, -0.05) is 0 Å². The maximum absolute atomic E-state index is 12.8. The molecule has 1 aliphatic rings. The van der Waals surface area contributed by atoms with E-state index in [1.165, 1.54) is 0 Å². The number of aromatic nitrogens is 5. The standard InChI is InChI=1S/C21H27N7OS/c1-13-8-14(2)28(26-13)20-9-19(23-12-24-20)27-7-5-6-17(11-27)21(29)22-10-18-15(3)25-16(4)30-18/h8-9,12,17H,5-7,10-11H2,1-4H3,(H,22,29). The van der Waals surface area contributed by atoms with Crippen molar-refractivity contribution < 1.29 is 4.79 Å². The molecular weight excluding hydrogens is 398 g/mol. The van der Waals surface area contributed by atoms with Gasteiger partial charge in [-0.15, -0.1) is 11.3 Å². The Morgan fingerprint density at radius 2 is 2.00 bits per heavy atom. The zero-order valence-electron chi connectivity index (χ0n) is 17.8. The summed E-state index contributed by atoms with van der Waals surface area (Å²) >= 11 is 1.64. The fraction of sp³-hybridized carbons (Fsp3) is 0.476. The van der Waals surface area contributed by atoms with Crippen LogP contribution >= 0.6 is 11.3 Å². The molecule has 1 fully saturated rings. The highest BCUT2D eigenvalue weighted by Gasteiger charge is 2.27. The third kappa shape index (κ3) is 4.35. The van der Waals surface area contributed by atoms with Crippen molar-refractivity contribution >= 4 is 23.1 Å². The second-order valence-electron chi connectivity index (χ2n) is 7.82. The molecule has 1 aliphatic heterocycles. The molecular formula is C21H27N7OS. The molecule has 1 N–H and O–H groups in total. The van der Waals surface area contributed by atoms with Crippen LogP contribution in [0.25, 0.3) is 5.82 Å². The van der Waals surface area contributed by atoms with Crippen LogP contribution in [0.15, 0.2) is 18.5 Å². The molecule has 0 bridgehead atoms. The molecule has 1 atom stereocenters. The monoisotopic (exact) mass is 425 g/mol. The number of hydrogen-bond donors (Lipinski definition) is 1. The first-order valence-corrected chi connectivity index (χ1v) is 11.0. The number of carbonyl (C=O) groups is 1. The van der Waals surface area contributed by atoms with E-state index >= 15 is 0 Å². The number of carbonyl (C=O) groups excluding carboxylic acids is 1. The Balaban J connectivity index is 1.43. The molecule has 0 spiro atoms. The van der Waals surface area contributed by atoms with Gasteiger partial charge in [0.25, 0.3) is 0 Å². The molecule has 0 aromatic carbocycles. The van der Waals surface area contributed by atoms with E-state index < -0.39 is 0 Å². The predicted octanol–water partition coefficient (Wildman–Crippen LogP) is 2.89. The van der Waals surface area contributed by atoms with Crippen molar-refractivity contribution in [1.29, 1.82) is 0 Å². The number of nitrogens with one attached hydrogen (secondary N) is 1. The van der Waals surface area contributed by atoms with Gasteiger partial charge in [-0.25, -0.2) is 19.6 Å². The Morgan fingerprint density at radius 3 is 2.70 bits per heavy atom. The summed E-state index contributed by atoms with van der Waals surface area (Å²) in [7, 11) is 0. The first-order valence-electron chi connectivity index (χ1n) is 10.2. The number of piperidine rings is 1. The molecule has 3 aromatic rings. The SMILES string of the molecule is Cc1cc(C)n(-c2cc(N3CCCC(C(=O)NCc4sc(C)nc4C)C3)ncn2)n1. The Bertz CT molecular complexity index is 1060. The van der Waals surface area contributed by atoms with Gasteiger partial charge in [-0.05, 0) is 46.6 Å². The highest BCUT2D eigenvalue weighted by molar-refractivity contribution is 7.11. The summed E-state index contributed by atoms with van der Waals surface area (Å²) in [6.45, 7) is 10.0. The number of thiazole rings is 1. The van der Waals surface area contributed by atoms with Gasteiger partial charge in [0.05, 0.1) is 28.9 Å². The molecule has 1 amide bonds. The first kappa shape index (κ1) is 20.5. The lowest BCUT2D eigenvalue weighted by atomic mass is 9.97. The smallest absolute Gasteiger partial charge is 0.225 e. The lowest BCUT2D eigenvalue weighted by Crippen LogP contribution is -2.43. The molecule has 3 aromatic heterocycles. The summed E-state index contributed by atoms with van der Waals surface area (Å²) in [5.74, 6) is 1.62. The van der Waals surface area contributed by atoms with E-state index in [-0.39, 0.29) is 11.8 Å². The van der Waals surface area contributed by atoms with Crippen LogP contribution in [-0.4, -0.2) is 43.7 Å². The van der Waals surface area contributed by atoms with Crippen molar-refractivity contribution in [3.63, 3.8) is 0 Å². The van der Waals surface area contributed by atoms with Gasteiger partial charge in [-0.3, -0.25) is 4.79 Å². The van der Waals surface area contributed by atoms with Crippen LogP contribution in [0, 0.1) is 33.6 Å². The summed E-state index contributed by atoms with van der Waals surface area (Å²) in [6, 6.07) is 3.97. The predicted molar refractivity (Wildman–Crippen MR) is 117 cm³/mol. The second kappa shape index (κ2) is 8.51. The van der Waals surface area contributed by atoms with Gasteiger partial charge in [0.15, 0.2) is 5.82 Å². The molecule has 9 heteroatoms. The number of anilines is 1. The molecule has 158 valence electrons. The summed E-state index contributed by atoms with van der Waals surface area (Å²) in [5.41, 5.74) is 2.98. The van der Waals surface area contributed by atoms with E-state index in [0.29, 0.717) is 13.1 Å². The minimum atomic E-state index is -0.0554. The molecule has 0 saturated carbocycles. The molecule has 0 radical (unpaired) electrons. The third-order valence-electron chi connectivity index (χ3n) is 5.40. The van der Waals surface area contributed by atoms with Crippen LogP contribution in [0.3, 0.4) is 0 Å². The average Bonchev–Trinajstić information content (AvgIpc) is 3.25. The lowest BCUT2D eigenvalue weighted by molar-refractivity contribution is -0.125. The number of nitrogens with zero attached hydrogens (tertiary/aromatic N) is 6. The van der Waals surface area contributed by atoms with Crippen LogP contribution in [0.4, 0.5) is 5.82 Å². The molecule has 0 aliphatic carbocycles. The van der Waals surface area contributed by atoms with Crippen molar-refractivity contribution in [2.45, 2.75) is 47.1 Å².